The predicted octanol–water partition coefficient (Wildman–Crippen LogP) is 4.56. The van der Waals surface area contributed by atoms with Gasteiger partial charge in [-0.3, -0.25) is 4.79 Å². The first-order valence-electron chi connectivity index (χ1n) is 10.0. The van der Waals surface area contributed by atoms with Gasteiger partial charge in [0.05, 0.1) is 5.69 Å². The summed E-state index contributed by atoms with van der Waals surface area (Å²) >= 11 is 1.48. The predicted molar refractivity (Wildman–Crippen MR) is 118 cm³/mol. The molecule has 0 aromatic carbocycles. The van der Waals surface area contributed by atoms with Crippen LogP contribution in [0.1, 0.15) is 47.1 Å². The molecular weight excluding hydrogens is 368 g/mol. The van der Waals surface area contributed by atoms with Crippen molar-refractivity contribution in [3.05, 3.63) is 46.7 Å². The molecule has 1 N–H and O–H groups in total. The first-order valence-corrected chi connectivity index (χ1v) is 10.8. The molecule has 3 aromatic rings. The summed E-state index contributed by atoms with van der Waals surface area (Å²) in [6.45, 7) is 9.08. The first kappa shape index (κ1) is 20.6. The first-order chi connectivity index (χ1) is 13.5. The number of fused-ring (bicyclic) bond motifs is 1. The van der Waals surface area contributed by atoms with E-state index in [4.69, 9.17) is 0 Å². The number of nitrogens with one attached hydrogen (secondary N) is 1. The molecule has 28 heavy (non-hydrogen) atoms. The van der Waals surface area contributed by atoms with Crippen LogP contribution in [0.5, 0.6) is 0 Å². The number of aromatic nitrogens is 2. The molecule has 150 valence electrons. The molecule has 0 aliphatic rings. The van der Waals surface area contributed by atoms with E-state index in [2.05, 4.69) is 42.2 Å². The van der Waals surface area contributed by atoms with Crippen LogP contribution in [0, 0.1) is 13.8 Å². The molecule has 0 spiro atoms. The third-order valence-corrected chi connectivity index (χ3v) is 6.00. The van der Waals surface area contributed by atoms with Crippen molar-refractivity contribution < 1.29 is 4.79 Å². The average Bonchev–Trinajstić information content (AvgIpc) is 3.30. The van der Waals surface area contributed by atoms with Crippen molar-refractivity contribution in [1.82, 2.24) is 19.8 Å². The lowest BCUT2D eigenvalue weighted by Crippen LogP contribution is -2.28. The largest absolute Gasteiger partial charge is 0.351 e. The van der Waals surface area contributed by atoms with Gasteiger partial charge in [-0.1, -0.05) is 13.3 Å². The Morgan fingerprint density at radius 2 is 1.93 bits per heavy atom. The molecule has 0 saturated heterocycles. The lowest BCUT2D eigenvalue weighted by atomic mass is 10.1. The van der Waals surface area contributed by atoms with Crippen LogP contribution in [-0.2, 0) is 0 Å². The van der Waals surface area contributed by atoms with Crippen molar-refractivity contribution >= 4 is 27.5 Å². The minimum atomic E-state index is -0.0139. The summed E-state index contributed by atoms with van der Waals surface area (Å²) in [5, 5.41) is 4.18. The van der Waals surface area contributed by atoms with Crippen molar-refractivity contribution in [2.24, 2.45) is 0 Å². The fourth-order valence-electron chi connectivity index (χ4n) is 3.48. The Kier molecular flexibility index (Phi) is 6.86. The number of rotatable bonds is 9. The Labute approximate surface area is 171 Å². The van der Waals surface area contributed by atoms with Gasteiger partial charge in [0.25, 0.3) is 5.91 Å². The number of hydrogen-bond acceptors (Lipinski definition) is 4. The number of hydrogen-bond donors (Lipinski definition) is 1. The number of carbonyl (C=O) groups is 1. The second-order valence-corrected chi connectivity index (χ2v) is 8.40. The van der Waals surface area contributed by atoms with E-state index in [1.165, 1.54) is 24.2 Å². The fraction of sp³-hybridized carbons (Fsp3) is 0.455. The summed E-state index contributed by atoms with van der Waals surface area (Å²) in [6, 6.07) is 6.04. The molecule has 6 heteroatoms. The van der Waals surface area contributed by atoms with Crippen LogP contribution in [0.15, 0.2) is 30.6 Å². The Balaban J connectivity index is 1.78. The van der Waals surface area contributed by atoms with E-state index in [0.29, 0.717) is 6.54 Å². The van der Waals surface area contributed by atoms with Gasteiger partial charge in [0.15, 0.2) is 0 Å². The molecule has 5 nitrogen and oxygen atoms in total. The lowest BCUT2D eigenvalue weighted by Gasteiger charge is -2.16. The molecule has 3 heterocycles. The van der Waals surface area contributed by atoms with Gasteiger partial charge in [-0.2, -0.15) is 0 Å². The third kappa shape index (κ3) is 4.62. The molecule has 3 aromatic heterocycles. The fourth-order valence-corrected chi connectivity index (χ4v) is 4.69. The summed E-state index contributed by atoms with van der Waals surface area (Å²) in [6.07, 6.45) is 7.35. The van der Waals surface area contributed by atoms with Crippen molar-refractivity contribution in [1.29, 1.82) is 0 Å². The van der Waals surface area contributed by atoms with Gasteiger partial charge in [0.1, 0.15) is 9.71 Å². The highest BCUT2D eigenvalue weighted by molar-refractivity contribution is 7.21. The summed E-state index contributed by atoms with van der Waals surface area (Å²) < 4.78 is 2.02. The molecule has 3 rings (SSSR count). The minimum Gasteiger partial charge on any atom is -0.351 e. The molecule has 1 amide bonds. The maximum atomic E-state index is 13.0. The Morgan fingerprint density at radius 1 is 1.21 bits per heavy atom. The van der Waals surface area contributed by atoms with Crippen LogP contribution in [0.2, 0.25) is 0 Å². The number of carbonyl (C=O) groups excluding carboxylic acids is 1. The van der Waals surface area contributed by atoms with Crippen molar-refractivity contribution in [2.75, 3.05) is 26.7 Å². The van der Waals surface area contributed by atoms with Gasteiger partial charge in [-0.05, 0) is 70.6 Å². The summed E-state index contributed by atoms with van der Waals surface area (Å²) in [5.74, 6) is -0.0139. The molecule has 0 fully saturated rings. The van der Waals surface area contributed by atoms with Gasteiger partial charge < -0.3 is 14.8 Å². The van der Waals surface area contributed by atoms with E-state index in [1.807, 2.05) is 36.0 Å². The standard InChI is InChI=1S/C22H30N4OS/c1-5-6-11-25(4)12-9-10-23-21(27)20-19(26-13-7-8-14-26)18-16(2)15-17(3)24-22(18)28-20/h7-8,13-15H,5-6,9-12H2,1-4H3,(H,23,27). The van der Waals surface area contributed by atoms with Gasteiger partial charge in [-0.25, -0.2) is 4.98 Å². The molecule has 0 atom stereocenters. The summed E-state index contributed by atoms with van der Waals surface area (Å²) in [5.41, 5.74) is 3.07. The number of thiophene rings is 1. The molecule has 0 saturated carbocycles. The smallest absolute Gasteiger partial charge is 0.263 e. The van der Waals surface area contributed by atoms with Crippen molar-refractivity contribution in [3.63, 3.8) is 0 Å². The zero-order valence-electron chi connectivity index (χ0n) is 17.3. The Morgan fingerprint density at radius 3 is 2.64 bits per heavy atom. The van der Waals surface area contributed by atoms with Gasteiger partial charge >= 0.3 is 0 Å². The van der Waals surface area contributed by atoms with E-state index in [0.717, 1.165) is 51.5 Å². The average molecular weight is 399 g/mol. The molecule has 0 bridgehead atoms. The summed E-state index contributed by atoms with van der Waals surface area (Å²) in [4.78, 5) is 21.6. The Bertz CT molecular complexity index is 930. The normalized spacial score (nSPS) is 11.5. The van der Waals surface area contributed by atoms with Crippen LogP contribution in [-0.4, -0.2) is 47.0 Å². The van der Waals surface area contributed by atoms with Crippen molar-refractivity contribution in [3.8, 4) is 5.69 Å². The van der Waals surface area contributed by atoms with Gasteiger partial charge in [-0.15, -0.1) is 11.3 Å². The zero-order chi connectivity index (χ0) is 20.1. The van der Waals surface area contributed by atoms with Crippen LogP contribution in [0.3, 0.4) is 0 Å². The second kappa shape index (κ2) is 9.34. The maximum absolute atomic E-state index is 13.0. The van der Waals surface area contributed by atoms with Crippen LogP contribution >= 0.6 is 11.3 Å². The van der Waals surface area contributed by atoms with E-state index in [9.17, 15) is 4.79 Å². The molecule has 0 unspecified atom stereocenters. The maximum Gasteiger partial charge on any atom is 0.263 e. The third-order valence-electron chi connectivity index (χ3n) is 4.93. The quantitative estimate of drug-likeness (QED) is 0.538. The highest BCUT2D eigenvalue weighted by Gasteiger charge is 2.21. The van der Waals surface area contributed by atoms with E-state index in [-0.39, 0.29) is 5.91 Å². The van der Waals surface area contributed by atoms with Crippen LogP contribution in [0.25, 0.3) is 15.9 Å². The second-order valence-electron chi connectivity index (χ2n) is 7.40. The highest BCUT2D eigenvalue weighted by atomic mass is 32.1. The van der Waals surface area contributed by atoms with Gasteiger partial charge in [0.2, 0.25) is 0 Å². The lowest BCUT2D eigenvalue weighted by molar-refractivity contribution is 0.0956. The molecule has 0 radical (unpaired) electrons. The molecule has 0 aliphatic carbocycles. The number of nitrogens with zero attached hydrogens (tertiary/aromatic N) is 3. The van der Waals surface area contributed by atoms with Gasteiger partial charge in [0, 0.05) is 30.0 Å². The highest BCUT2D eigenvalue weighted by Crippen LogP contribution is 2.35. The van der Waals surface area contributed by atoms with E-state index in [1.54, 1.807) is 0 Å². The molecular formula is C22H30N4OS. The van der Waals surface area contributed by atoms with Crippen molar-refractivity contribution in [2.45, 2.75) is 40.0 Å². The number of unbranched alkanes of at least 4 members (excludes halogenated alkanes) is 1. The van der Waals surface area contributed by atoms with E-state index >= 15 is 0 Å². The SMILES string of the molecule is CCCCN(C)CCCNC(=O)c1sc2nc(C)cc(C)c2c1-n1cccc1. The van der Waals surface area contributed by atoms with E-state index < -0.39 is 0 Å². The molecule has 0 aliphatic heterocycles. The number of amides is 1. The number of pyridine rings is 1. The topological polar surface area (TPSA) is 50.2 Å². The number of aryl methyl sites for hydroxylation is 2. The minimum absolute atomic E-state index is 0.0139. The Hall–Kier alpha value is -2.18. The zero-order valence-corrected chi connectivity index (χ0v) is 18.1. The van der Waals surface area contributed by atoms with Crippen LogP contribution in [0.4, 0.5) is 0 Å². The van der Waals surface area contributed by atoms with Crippen LogP contribution < -0.4 is 5.32 Å². The summed E-state index contributed by atoms with van der Waals surface area (Å²) in [7, 11) is 2.14. The monoisotopic (exact) mass is 398 g/mol.